The summed E-state index contributed by atoms with van der Waals surface area (Å²) in [4.78, 5) is 14.2. The average molecular weight is 596 g/mol. The standard InChI is InChI=1S/C31H37N3O5S2/c1-21-17-22(2)24(4)30(23(21)3)41(38,39)34-20-26-12-7-6-11-25(26)18-29(34)31(35)32-27-13-10-14-28(19-27)40(36,37)33-15-8-5-9-16-33/h6-7,10-14,17,19,29H,5,8-9,15-16,18,20H2,1-4H3,(H,32,35)/t29-/m1/s1. The molecule has 2 aliphatic rings. The van der Waals surface area contributed by atoms with Gasteiger partial charge >= 0.3 is 0 Å². The second-order valence-electron chi connectivity index (χ2n) is 11.1. The molecule has 41 heavy (non-hydrogen) atoms. The van der Waals surface area contributed by atoms with E-state index < -0.39 is 32.0 Å². The van der Waals surface area contributed by atoms with Crippen molar-refractivity contribution >= 4 is 31.6 Å². The second-order valence-corrected chi connectivity index (χ2v) is 14.9. The predicted octanol–water partition coefficient (Wildman–Crippen LogP) is 4.85. The molecule has 5 rings (SSSR count). The van der Waals surface area contributed by atoms with Crippen molar-refractivity contribution in [3.63, 3.8) is 0 Å². The molecule has 0 aliphatic carbocycles. The molecular weight excluding hydrogens is 558 g/mol. The Bertz CT molecular complexity index is 1690. The highest BCUT2D eigenvalue weighted by Crippen LogP contribution is 2.34. The van der Waals surface area contributed by atoms with Gasteiger partial charge < -0.3 is 5.32 Å². The summed E-state index contributed by atoms with van der Waals surface area (Å²) in [5, 5.41) is 2.84. The molecule has 10 heteroatoms. The minimum Gasteiger partial charge on any atom is -0.325 e. The first kappa shape index (κ1) is 29.4. The van der Waals surface area contributed by atoms with Crippen molar-refractivity contribution in [1.29, 1.82) is 0 Å². The summed E-state index contributed by atoms with van der Waals surface area (Å²) in [5.41, 5.74) is 5.16. The number of amides is 1. The number of aryl methyl sites for hydroxylation is 2. The van der Waals surface area contributed by atoms with Crippen LogP contribution in [0.15, 0.2) is 64.4 Å². The maximum atomic E-state index is 14.3. The molecule has 1 fully saturated rings. The molecule has 1 atom stereocenters. The second kappa shape index (κ2) is 11.3. The maximum Gasteiger partial charge on any atom is 0.244 e. The molecule has 0 unspecified atom stereocenters. The number of nitrogens with one attached hydrogen (secondary N) is 1. The van der Waals surface area contributed by atoms with Crippen molar-refractivity contribution in [2.45, 2.75) is 75.8 Å². The maximum absolute atomic E-state index is 14.3. The fraction of sp³-hybridized carbons (Fsp3) is 0.387. The van der Waals surface area contributed by atoms with Crippen LogP contribution in [0.1, 0.15) is 52.6 Å². The van der Waals surface area contributed by atoms with Crippen molar-refractivity contribution in [3.05, 3.63) is 88.0 Å². The number of piperidine rings is 1. The molecule has 3 aromatic rings. The van der Waals surface area contributed by atoms with E-state index in [4.69, 9.17) is 0 Å². The normalized spacial score (nSPS) is 18.6. The number of fused-ring (bicyclic) bond motifs is 1. The lowest BCUT2D eigenvalue weighted by molar-refractivity contribution is -0.120. The van der Waals surface area contributed by atoms with Crippen molar-refractivity contribution < 1.29 is 21.6 Å². The molecule has 8 nitrogen and oxygen atoms in total. The molecule has 218 valence electrons. The lowest BCUT2D eigenvalue weighted by Crippen LogP contribution is -2.50. The van der Waals surface area contributed by atoms with Gasteiger partial charge in [0.2, 0.25) is 26.0 Å². The minimum atomic E-state index is -4.07. The van der Waals surface area contributed by atoms with E-state index in [2.05, 4.69) is 5.32 Å². The van der Waals surface area contributed by atoms with Crippen molar-refractivity contribution in [2.75, 3.05) is 18.4 Å². The summed E-state index contributed by atoms with van der Waals surface area (Å²) < 4.78 is 57.9. The number of sulfonamides is 2. The molecule has 2 heterocycles. The van der Waals surface area contributed by atoms with Crippen LogP contribution >= 0.6 is 0 Å². The Morgan fingerprint density at radius 3 is 2.07 bits per heavy atom. The van der Waals surface area contributed by atoms with Gasteiger partial charge in [0.25, 0.3) is 0 Å². The average Bonchev–Trinajstić information content (AvgIpc) is 2.96. The largest absolute Gasteiger partial charge is 0.325 e. The number of hydrogen-bond acceptors (Lipinski definition) is 5. The Kier molecular flexibility index (Phi) is 8.13. The zero-order valence-electron chi connectivity index (χ0n) is 24.0. The Morgan fingerprint density at radius 1 is 0.780 bits per heavy atom. The van der Waals surface area contributed by atoms with Gasteiger partial charge in [-0.05, 0) is 98.5 Å². The smallest absolute Gasteiger partial charge is 0.244 e. The first-order valence-electron chi connectivity index (χ1n) is 14.0. The molecule has 1 N–H and O–H groups in total. The molecule has 1 amide bonds. The van der Waals surface area contributed by atoms with Gasteiger partial charge in [0.05, 0.1) is 9.79 Å². The highest BCUT2D eigenvalue weighted by Gasteiger charge is 2.41. The van der Waals surface area contributed by atoms with E-state index in [0.717, 1.165) is 41.5 Å². The van der Waals surface area contributed by atoms with Gasteiger partial charge in [0.15, 0.2) is 0 Å². The van der Waals surface area contributed by atoms with E-state index in [0.29, 0.717) is 29.9 Å². The lowest BCUT2D eigenvalue weighted by atomic mass is 9.95. The number of rotatable bonds is 6. The van der Waals surface area contributed by atoms with Crippen LogP contribution in [0.2, 0.25) is 0 Å². The molecule has 3 aromatic carbocycles. The van der Waals surface area contributed by atoms with Crippen LogP contribution in [-0.2, 0) is 37.8 Å². The van der Waals surface area contributed by atoms with Crippen molar-refractivity contribution in [1.82, 2.24) is 8.61 Å². The summed E-state index contributed by atoms with van der Waals surface area (Å²) in [6, 6.07) is 14.7. The van der Waals surface area contributed by atoms with E-state index in [1.165, 1.54) is 20.7 Å². The van der Waals surface area contributed by atoms with Crippen LogP contribution in [-0.4, -0.2) is 50.5 Å². The molecule has 0 radical (unpaired) electrons. The Labute approximate surface area is 243 Å². The molecule has 1 saturated heterocycles. The SMILES string of the molecule is Cc1cc(C)c(C)c(S(=O)(=O)N2Cc3ccccc3C[C@@H]2C(=O)Nc2cccc(S(=O)(=O)N3CCCCC3)c2)c1C. The number of anilines is 1. The Morgan fingerprint density at radius 2 is 1.41 bits per heavy atom. The molecule has 2 aliphatic heterocycles. The Hall–Kier alpha value is -3.05. The fourth-order valence-electron chi connectivity index (χ4n) is 5.87. The third kappa shape index (κ3) is 5.58. The van der Waals surface area contributed by atoms with Crippen molar-refractivity contribution in [2.24, 2.45) is 0 Å². The highest BCUT2D eigenvalue weighted by molar-refractivity contribution is 7.89. The first-order chi connectivity index (χ1) is 19.4. The van der Waals surface area contributed by atoms with Crippen LogP contribution in [0.25, 0.3) is 0 Å². The third-order valence-corrected chi connectivity index (χ3v) is 12.5. The minimum absolute atomic E-state index is 0.0614. The highest BCUT2D eigenvalue weighted by atomic mass is 32.2. The topological polar surface area (TPSA) is 104 Å². The summed E-state index contributed by atoms with van der Waals surface area (Å²) in [6.07, 6.45) is 2.86. The summed E-state index contributed by atoms with van der Waals surface area (Å²) in [5.74, 6) is -0.504. The van der Waals surface area contributed by atoms with Crippen molar-refractivity contribution in [3.8, 4) is 0 Å². The van der Waals surface area contributed by atoms with Gasteiger partial charge in [-0.2, -0.15) is 8.61 Å². The molecule has 0 aromatic heterocycles. The van der Waals surface area contributed by atoms with E-state index in [1.807, 2.05) is 44.2 Å². The third-order valence-electron chi connectivity index (χ3n) is 8.43. The van der Waals surface area contributed by atoms with Crippen LogP contribution in [0.4, 0.5) is 5.69 Å². The van der Waals surface area contributed by atoms with E-state index in [9.17, 15) is 21.6 Å². The Balaban J connectivity index is 1.50. The quantitative estimate of drug-likeness (QED) is 0.439. The van der Waals surface area contributed by atoms with Gasteiger partial charge in [-0.1, -0.05) is 42.8 Å². The van der Waals surface area contributed by atoms with Crippen LogP contribution < -0.4 is 5.32 Å². The summed E-state index contributed by atoms with van der Waals surface area (Å²) >= 11 is 0. The van der Waals surface area contributed by atoms with E-state index in [1.54, 1.807) is 26.0 Å². The number of nitrogens with zero attached hydrogens (tertiary/aromatic N) is 2. The van der Waals surface area contributed by atoms with Gasteiger partial charge in [0, 0.05) is 25.3 Å². The number of carbonyl (C=O) groups is 1. The number of benzene rings is 3. The van der Waals surface area contributed by atoms with Gasteiger partial charge in [0.1, 0.15) is 6.04 Å². The number of hydrogen-bond donors (Lipinski definition) is 1. The van der Waals surface area contributed by atoms with Crippen LogP contribution in [0.3, 0.4) is 0 Å². The zero-order chi connectivity index (χ0) is 29.5. The van der Waals surface area contributed by atoms with E-state index in [-0.39, 0.29) is 22.8 Å². The van der Waals surface area contributed by atoms with Crippen LogP contribution in [0, 0.1) is 27.7 Å². The lowest BCUT2D eigenvalue weighted by Gasteiger charge is -2.36. The van der Waals surface area contributed by atoms with Crippen LogP contribution in [0.5, 0.6) is 0 Å². The molecule has 0 spiro atoms. The predicted molar refractivity (Wildman–Crippen MR) is 160 cm³/mol. The molecule has 0 bridgehead atoms. The number of carbonyl (C=O) groups excluding carboxylic acids is 1. The summed E-state index contributed by atoms with van der Waals surface area (Å²) in [7, 11) is -7.77. The fourth-order valence-corrected chi connectivity index (χ4v) is 9.58. The van der Waals surface area contributed by atoms with E-state index >= 15 is 0 Å². The zero-order valence-corrected chi connectivity index (χ0v) is 25.6. The van der Waals surface area contributed by atoms with Gasteiger partial charge in [-0.3, -0.25) is 4.79 Å². The van der Waals surface area contributed by atoms with Gasteiger partial charge in [-0.25, -0.2) is 16.8 Å². The monoisotopic (exact) mass is 595 g/mol. The molecular formula is C31H37N3O5S2. The first-order valence-corrected chi connectivity index (χ1v) is 16.9. The summed E-state index contributed by atoms with van der Waals surface area (Å²) in [6.45, 7) is 8.40. The molecule has 0 saturated carbocycles. The van der Waals surface area contributed by atoms with Gasteiger partial charge in [-0.15, -0.1) is 0 Å².